The number of carboxylic acid groups (broad SMARTS) is 4. The Morgan fingerprint density at radius 1 is 0.515 bits per heavy atom. The molecule has 25 heteroatoms. The van der Waals surface area contributed by atoms with Gasteiger partial charge in [-0.15, -0.1) is 0 Å². The van der Waals surface area contributed by atoms with Gasteiger partial charge in [0.2, 0.25) is 0 Å². The first kappa shape index (κ1) is 51.6. The number of aliphatic carboxylic acids is 4. The van der Waals surface area contributed by atoms with Crippen LogP contribution in [0.15, 0.2) is 85.6 Å². The van der Waals surface area contributed by atoms with Crippen molar-refractivity contribution in [2.24, 2.45) is 0 Å². The van der Waals surface area contributed by atoms with E-state index in [0.29, 0.717) is 5.69 Å². The number of hydroxylamine groups is 1. The van der Waals surface area contributed by atoms with Crippen molar-refractivity contribution < 1.29 is 107 Å². The summed E-state index contributed by atoms with van der Waals surface area (Å²) in [5.41, 5.74) is 0.540. The molecule has 0 amide bonds. The topological polar surface area (TPSA) is 335 Å². The van der Waals surface area contributed by atoms with Gasteiger partial charge in [0.1, 0.15) is 45.7 Å². The molecule has 4 N–H and O–H groups in total. The number of carboxylic acids is 4. The van der Waals surface area contributed by atoms with E-state index < -0.39 is 118 Å². The second kappa shape index (κ2) is 26.0. The first-order chi connectivity index (χ1) is 31.3. The third-order valence-electron chi connectivity index (χ3n) is 8.03. The molecule has 0 radical (unpaired) electrons. The normalized spacial score (nSPS) is 10.7. The summed E-state index contributed by atoms with van der Waals surface area (Å²) in [6.45, 7) is -3.61. The summed E-state index contributed by atoms with van der Waals surface area (Å²) in [6.07, 6.45) is -0.693. The highest BCUT2D eigenvalue weighted by molar-refractivity contribution is 5.93. The zero-order valence-corrected chi connectivity index (χ0v) is 34.6. The Balaban J connectivity index is 1.61. The van der Waals surface area contributed by atoms with Crippen LogP contribution in [0.1, 0.15) is 31.1 Å². The smallest absolute Gasteiger partial charge is 0.344 e. The van der Waals surface area contributed by atoms with Gasteiger partial charge < -0.3 is 63.5 Å². The molecule has 0 saturated heterocycles. The van der Waals surface area contributed by atoms with Gasteiger partial charge in [0.15, 0.2) is 25.9 Å². The summed E-state index contributed by atoms with van der Waals surface area (Å²) in [7, 11) is 1.52. The van der Waals surface area contributed by atoms with Crippen LogP contribution in [0.5, 0.6) is 0 Å². The molecule has 3 aromatic carbocycles. The summed E-state index contributed by atoms with van der Waals surface area (Å²) in [5.74, 6) is -11.6. The van der Waals surface area contributed by atoms with Crippen LogP contribution in [0, 0.1) is 0 Å². The van der Waals surface area contributed by atoms with Gasteiger partial charge in [-0.1, -0.05) is 11.6 Å². The van der Waals surface area contributed by atoms with Gasteiger partial charge >= 0.3 is 59.7 Å². The third kappa shape index (κ3) is 18.3. The van der Waals surface area contributed by atoms with Crippen molar-refractivity contribution in [1.82, 2.24) is 0 Å². The number of likely N-dealkylation sites (N-methyl/N-ethyl adjacent to an activating group) is 1. The number of anilines is 3. The van der Waals surface area contributed by atoms with Crippen molar-refractivity contribution in [1.29, 1.82) is 0 Å². The maximum Gasteiger partial charge on any atom is 0.344 e. The van der Waals surface area contributed by atoms with E-state index >= 15 is 0 Å². The SMILES string of the molecule is C=COON(CC(=O)O)c1ccc(C(=O)OCC(=O)OCC(COC(=O)COC(=O)c2ccc(N(C)CC(=O)O)cc2)OC(=O)COC(=O)c2ccc(N(CC(=O)O)CC(=O)O)cc2)cc1. The number of rotatable bonds is 28. The quantitative estimate of drug-likeness (QED) is 0.0259. The Morgan fingerprint density at radius 2 is 0.894 bits per heavy atom. The van der Waals surface area contributed by atoms with E-state index in [9.17, 15) is 47.9 Å². The molecule has 0 aliphatic rings. The molecule has 0 fully saturated rings. The van der Waals surface area contributed by atoms with Gasteiger partial charge in [-0.05, 0) is 72.8 Å². The molecule has 0 spiro atoms. The molecule has 0 saturated carbocycles. The summed E-state index contributed by atoms with van der Waals surface area (Å²) >= 11 is 0. The molecule has 66 heavy (non-hydrogen) atoms. The van der Waals surface area contributed by atoms with E-state index in [1.54, 1.807) is 0 Å². The lowest BCUT2D eigenvalue weighted by Gasteiger charge is -2.20. The zero-order valence-electron chi connectivity index (χ0n) is 34.6. The Morgan fingerprint density at radius 3 is 1.29 bits per heavy atom. The third-order valence-corrected chi connectivity index (χ3v) is 8.03. The molecular weight excluding hydrogens is 886 g/mol. The molecule has 1 atom stereocenters. The molecular formula is C41H41N3O22. The Kier molecular flexibility index (Phi) is 20.3. The Labute approximate surface area is 372 Å². The lowest BCUT2D eigenvalue weighted by molar-refractivity contribution is -0.259. The molecule has 3 rings (SSSR count). The zero-order chi connectivity index (χ0) is 48.8. The van der Waals surface area contributed by atoms with Gasteiger partial charge in [-0.3, -0.25) is 19.2 Å². The van der Waals surface area contributed by atoms with Gasteiger partial charge in [-0.25, -0.2) is 33.8 Å². The van der Waals surface area contributed by atoms with Crippen molar-refractivity contribution in [3.05, 3.63) is 102 Å². The van der Waals surface area contributed by atoms with Crippen LogP contribution in [0.3, 0.4) is 0 Å². The average molecular weight is 928 g/mol. The maximum atomic E-state index is 12.7. The lowest BCUT2D eigenvalue weighted by Crippen LogP contribution is -2.34. The highest BCUT2D eigenvalue weighted by atomic mass is 17.3. The van der Waals surface area contributed by atoms with Crippen molar-refractivity contribution in [3.8, 4) is 0 Å². The van der Waals surface area contributed by atoms with Gasteiger partial charge in [0, 0.05) is 18.4 Å². The summed E-state index contributed by atoms with van der Waals surface area (Å²) in [5, 5.41) is 37.1. The molecule has 0 bridgehead atoms. The van der Waals surface area contributed by atoms with E-state index in [0.717, 1.165) is 16.2 Å². The maximum absolute atomic E-state index is 12.7. The minimum Gasteiger partial charge on any atom is -0.480 e. The number of nitrogens with zero attached hydrogens (tertiary/aromatic N) is 3. The molecule has 1 unspecified atom stereocenters. The Bertz CT molecular complexity index is 2210. The number of carbonyl (C=O) groups excluding carboxylic acids is 6. The fraction of sp³-hybridized carbons (Fsp3) is 0.268. The summed E-state index contributed by atoms with van der Waals surface area (Å²) < 4.78 is 30.1. The minimum absolute atomic E-state index is 0.00174. The van der Waals surface area contributed by atoms with Crippen LogP contribution in [0.2, 0.25) is 0 Å². The van der Waals surface area contributed by atoms with E-state index in [4.69, 9.17) is 53.8 Å². The number of ether oxygens (including phenoxy) is 6. The number of hydrogen-bond donors (Lipinski definition) is 4. The highest BCUT2D eigenvalue weighted by Crippen LogP contribution is 2.19. The minimum atomic E-state index is -1.59. The monoisotopic (exact) mass is 927 g/mol. The molecule has 0 aliphatic carbocycles. The van der Waals surface area contributed by atoms with Crippen LogP contribution in [0.25, 0.3) is 0 Å². The molecule has 0 heterocycles. The number of esters is 6. The van der Waals surface area contributed by atoms with Crippen molar-refractivity contribution in [3.63, 3.8) is 0 Å². The first-order valence-electron chi connectivity index (χ1n) is 18.7. The largest absolute Gasteiger partial charge is 0.480 e. The number of hydrogen-bond acceptors (Lipinski definition) is 21. The molecule has 0 aliphatic heterocycles. The predicted octanol–water partition coefficient (Wildman–Crippen LogP) is 0.950. The van der Waals surface area contributed by atoms with Gasteiger partial charge in [0.25, 0.3) is 0 Å². The fourth-order valence-corrected chi connectivity index (χ4v) is 5.06. The van der Waals surface area contributed by atoms with Crippen LogP contribution < -0.4 is 14.9 Å². The number of benzene rings is 3. The summed E-state index contributed by atoms with van der Waals surface area (Å²) in [6, 6.07) is 15.4. The van der Waals surface area contributed by atoms with Crippen molar-refractivity contribution in [2.45, 2.75) is 6.10 Å². The van der Waals surface area contributed by atoms with E-state index in [1.165, 1.54) is 84.7 Å². The molecule has 0 aromatic heterocycles. The van der Waals surface area contributed by atoms with Crippen LogP contribution in [0.4, 0.5) is 17.1 Å². The molecule has 352 valence electrons. The summed E-state index contributed by atoms with van der Waals surface area (Å²) in [4.78, 5) is 132. The second-order valence-electron chi connectivity index (χ2n) is 13.0. The van der Waals surface area contributed by atoms with Crippen molar-refractivity contribution >= 4 is 76.8 Å². The Hall–Kier alpha value is -8.74. The standard InChI is InChI=1S/C41H41N3O22/c1-3-64-66-44(19-35(51)52)30-14-8-27(9-15-30)40(57)62-23-37(54)60-21-31(20-59-36(53)22-61-39(56)25-4-10-28(11-5-25)42(2)16-32(45)46)65-38(55)24-63-41(58)26-6-12-29(13-7-26)43(17-33(47)48)18-34(49)50/h3-15,31H,1,16-24H2,2H3,(H,45,46)(H,47,48)(H,49,50)(H,51,52). The average Bonchev–Trinajstić information content (AvgIpc) is 3.28. The number of carbonyl (C=O) groups is 10. The fourth-order valence-electron chi connectivity index (χ4n) is 5.06. The van der Waals surface area contributed by atoms with Crippen LogP contribution in [-0.4, -0.2) is 152 Å². The van der Waals surface area contributed by atoms with Crippen LogP contribution >= 0.6 is 0 Å². The van der Waals surface area contributed by atoms with Crippen LogP contribution in [-0.2, 0) is 71.9 Å². The molecule has 25 nitrogen and oxygen atoms in total. The molecule has 3 aromatic rings. The highest BCUT2D eigenvalue weighted by Gasteiger charge is 2.23. The second-order valence-corrected chi connectivity index (χ2v) is 13.0. The lowest BCUT2D eigenvalue weighted by atomic mass is 10.2. The predicted molar refractivity (Wildman–Crippen MR) is 218 cm³/mol. The van der Waals surface area contributed by atoms with Crippen molar-refractivity contribution in [2.75, 3.05) is 81.1 Å². The van der Waals surface area contributed by atoms with E-state index in [1.807, 2.05) is 0 Å². The van der Waals surface area contributed by atoms with E-state index in [-0.39, 0.29) is 34.6 Å². The van der Waals surface area contributed by atoms with E-state index in [2.05, 4.69) is 11.5 Å². The van der Waals surface area contributed by atoms with Gasteiger partial charge in [0.05, 0.1) is 22.4 Å². The van der Waals surface area contributed by atoms with Gasteiger partial charge in [-0.2, -0.15) is 0 Å². The first-order valence-corrected chi connectivity index (χ1v) is 18.7.